The summed E-state index contributed by atoms with van der Waals surface area (Å²) in [4.78, 5) is 29.4. The molecule has 0 bridgehead atoms. The maximum Gasteiger partial charge on any atom is 0.257 e. The van der Waals surface area contributed by atoms with Crippen molar-refractivity contribution in [2.75, 3.05) is 33.3 Å². The van der Waals surface area contributed by atoms with Crippen LogP contribution in [0.5, 0.6) is 5.75 Å². The van der Waals surface area contributed by atoms with Gasteiger partial charge in [-0.3, -0.25) is 9.59 Å². The van der Waals surface area contributed by atoms with Crippen LogP contribution in [0.1, 0.15) is 15.2 Å². The Morgan fingerprint density at radius 2 is 1.88 bits per heavy atom. The molecule has 132 valence electrons. The minimum atomic E-state index is -0.478. The Bertz CT molecular complexity index is 756. The zero-order valence-corrected chi connectivity index (χ0v) is 14.7. The lowest BCUT2D eigenvalue weighted by atomic mass is 10.1. The highest BCUT2D eigenvalue weighted by atomic mass is 32.1. The van der Waals surface area contributed by atoms with Gasteiger partial charge >= 0.3 is 0 Å². The van der Waals surface area contributed by atoms with Crippen molar-refractivity contribution in [3.05, 3.63) is 52.0 Å². The fourth-order valence-electron chi connectivity index (χ4n) is 2.85. The van der Waals surface area contributed by atoms with Gasteiger partial charge in [-0.25, -0.2) is 4.39 Å². The number of piperazine rings is 1. The van der Waals surface area contributed by atoms with Crippen LogP contribution in [0.15, 0.2) is 35.7 Å². The normalized spacial score (nSPS) is 14.5. The summed E-state index contributed by atoms with van der Waals surface area (Å²) < 4.78 is 18.6. The number of ether oxygens (including phenoxy) is 1. The second-order valence-electron chi connectivity index (χ2n) is 5.77. The molecule has 0 unspecified atom stereocenters. The van der Waals surface area contributed by atoms with E-state index in [1.165, 1.54) is 25.3 Å². The minimum absolute atomic E-state index is 0.0675. The molecule has 0 N–H and O–H groups in total. The summed E-state index contributed by atoms with van der Waals surface area (Å²) in [5, 5.41) is 1.95. The highest BCUT2D eigenvalue weighted by Crippen LogP contribution is 2.22. The quantitative estimate of drug-likeness (QED) is 0.839. The number of methoxy groups -OCH3 is 1. The number of benzene rings is 1. The van der Waals surface area contributed by atoms with Crippen LogP contribution < -0.4 is 4.74 Å². The Kier molecular flexibility index (Phi) is 5.33. The molecule has 1 aromatic carbocycles. The molecule has 2 amide bonds. The maximum absolute atomic E-state index is 13.5. The summed E-state index contributed by atoms with van der Waals surface area (Å²) in [6, 6.07) is 7.77. The Balaban J connectivity index is 1.61. The fraction of sp³-hybridized carbons (Fsp3) is 0.333. The number of nitrogens with zero attached hydrogens (tertiary/aromatic N) is 2. The van der Waals surface area contributed by atoms with Gasteiger partial charge in [-0.2, -0.15) is 0 Å². The number of rotatable bonds is 4. The van der Waals surface area contributed by atoms with E-state index in [1.54, 1.807) is 21.1 Å². The molecule has 2 heterocycles. The molecule has 1 aliphatic heterocycles. The highest BCUT2D eigenvalue weighted by Gasteiger charge is 2.26. The standard InChI is InChI=1S/C18H19FN2O3S/c1-24-16-5-4-13(19)11-15(16)18(23)21-8-6-20(7-9-21)17(22)12-14-3-2-10-25-14/h2-5,10-11H,6-9,12H2,1H3. The topological polar surface area (TPSA) is 49.9 Å². The predicted molar refractivity (Wildman–Crippen MR) is 93.5 cm³/mol. The van der Waals surface area contributed by atoms with E-state index >= 15 is 0 Å². The first kappa shape index (κ1) is 17.4. The van der Waals surface area contributed by atoms with Crippen LogP contribution in [0.4, 0.5) is 4.39 Å². The number of amides is 2. The smallest absolute Gasteiger partial charge is 0.257 e. The molecule has 0 saturated carbocycles. The SMILES string of the molecule is COc1ccc(F)cc1C(=O)N1CCN(C(=O)Cc2cccs2)CC1. The van der Waals surface area contributed by atoms with Crippen LogP contribution in [-0.4, -0.2) is 54.9 Å². The van der Waals surface area contributed by atoms with Crippen molar-refractivity contribution in [2.24, 2.45) is 0 Å². The van der Waals surface area contributed by atoms with Crippen LogP contribution in [0.25, 0.3) is 0 Å². The number of hydrogen-bond donors (Lipinski definition) is 0. The summed E-state index contributed by atoms with van der Waals surface area (Å²) in [7, 11) is 1.45. The number of thiophene rings is 1. The van der Waals surface area contributed by atoms with Crippen molar-refractivity contribution < 1.29 is 18.7 Å². The van der Waals surface area contributed by atoms with Crippen LogP contribution in [0.3, 0.4) is 0 Å². The van der Waals surface area contributed by atoms with E-state index in [9.17, 15) is 14.0 Å². The molecular weight excluding hydrogens is 343 g/mol. The van der Waals surface area contributed by atoms with Gasteiger partial charge in [-0.05, 0) is 29.6 Å². The van der Waals surface area contributed by atoms with Crippen molar-refractivity contribution in [3.8, 4) is 5.75 Å². The van der Waals surface area contributed by atoms with Gasteiger partial charge in [0, 0.05) is 31.1 Å². The first-order valence-electron chi connectivity index (χ1n) is 8.01. The molecular formula is C18H19FN2O3S. The number of carbonyl (C=O) groups is 2. The van der Waals surface area contributed by atoms with Crippen LogP contribution in [0.2, 0.25) is 0 Å². The highest BCUT2D eigenvalue weighted by molar-refractivity contribution is 7.10. The molecule has 0 spiro atoms. The van der Waals surface area contributed by atoms with Crippen LogP contribution in [-0.2, 0) is 11.2 Å². The van der Waals surface area contributed by atoms with Crippen molar-refractivity contribution >= 4 is 23.2 Å². The van der Waals surface area contributed by atoms with Gasteiger partial charge in [0.1, 0.15) is 11.6 Å². The van der Waals surface area contributed by atoms with E-state index < -0.39 is 5.82 Å². The zero-order chi connectivity index (χ0) is 17.8. The summed E-state index contributed by atoms with van der Waals surface area (Å²) in [6.45, 7) is 1.81. The molecule has 0 radical (unpaired) electrons. The second-order valence-corrected chi connectivity index (χ2v) is 6.81. The summed E-state index contributed by atoms with van der Waals surface area (Å²) in [5.74, 6) is -0.337. The Labute approximate surface area is 149 Å². The fourth-order valence-corrected chi connectivity index (χ4v) is 3.55. The molecule has 3 rings (SSSR count). The van der Waals surface area contributed by atoms with Crippen LogP contribution in [0, 0.1) is 5.82 Å². The average Bonchev–Trinajstić information content (AvgIpc) is 3.14. The molecule has 1 aliphatic rings. The second kappa shape index (κ2) is 7.65. The molecule has 25 heavy (non-hydrogen) atoms. The first-order valence-corrected chi connectivity index (χ1v) is 8.89. The van der Waals surface area contributed by atoms with Gasteiger partial charge in [0.15, 0.2) is 0 Å². The summed E-state index contributed by atoms with van der Waals surface area (Å²) in [6.07, 6.45) is 0.392. The number of carbonyl (C=O) groups excluding carboxylic acids is 2. The monoisotopic (exact) mass is 362 g/mol. The molecule has 7 heteroatoms. The third kappa shape index (κ3) is 3.99. The number of hydrogen-bond acceptors (Lipinski definition) is 4. The first-order chi connectivity index (χ1) is 12.1. The Morgan fingerprint density at radius 3 is 2.52 bits per heavy atom. The lowest BCUT2D eigenvalue weighted by Crippen LogP contribution is -2.51. The molecule has 1 aromatic heterocycles. The van der Waals surface area contributed by atoms with E-state index in [4.69, 9.17) is 4.74 Å². The largest absolute Gasteiger partial charge is 0.496 e. The van der Waals surface area contributed by atoms with Gasteiger partial charge < -0.3 is 14.5 Å². The lowest BCUT2D eigenvalue weighted by molar-refractivity contribution is -0.131. The zero-order valence-electron chi connectivity index (χ0n) is 13.9. The van der Waals surface area contributed by atoms with Gasteiger partial charge in [0.25, 0.3) is 5.91 Å². The summed E-state index contributed by atoms with van der Waals surface area (Å²) in [5.41, 5.74) is 0.209. The molecule has 2 aromatic rings. The third-order valence-corrected chi connectivity index (χ3v) is 5.09. The average molecular weight is 362 g/mol. The van der Waals surface area contributed by atoms with Crippen LogP contribution >= 0.6 is 11.3 Å². The van der Waals surface area contributed by atoms with Crippen molar-refractivity contribution in [1.82, 2.24) is 9.80 Å². The molecule has 0 atom stereocenters. The van der Waals surface area contributed by atoms with E-state index in [0.717, 1.165) is 4.88 Å². The van der Waals surface area contributed by atoms with Gasteiger partial charge in [0.2, 0.25) is 5.91 Å². The van der Waals surface area contributed by atoms with E-state index in [0.29, 0.717) is 38.3 Å². The molecule has 0 aliphatic carbocycles. The molecule has 1 saturated heterocycles. The van der Waals surface area contributed by atoms with Crippen molar-refractivity contribution in [3.63, 3.8) is 0 Å². The molecule has 5 nitrogen and oxygen atoms in total. The van der Waals surface area contributed by atoms with Gasteiger partial charge in [-0.15, -0.1) is 11.3 Å². The third-order valence-electron chi connectivity index (χ3n) is 4.22. The van der Waals surface area contributed by atoms with Crippen molar-refractivity contribution in [2.45, 2.75) is 6.42 Å². The Hall–Kier alpha value is -2.41. The maximum atomic E-state index is 13.5. The van der Waals surface area contributed by atoms with Crippen molar-refractivity contribution in [1.29, 1.82) is 0 Å². The van der Waals surface area contributed by atoms with E-state index in [1.807, 2.05) is 17.5 Å². The predicted octanol–water partition coefficient (Wildman–Crippen LogP) is 2.42. The summed E-state index contributed by atoms with van der Waals surface area (Å²) >= 11 is 1.56. The van der Waals surface area contributed by atoms with E-state index in [2.05, 4.69) is 0 Å². The van der Waals surface area contributed by atoms with Gasteiger partial charge in [0.05, 0.1) is 19.1 Å². The molecule has 1 fully saturated rings. The lowest BCUT2D eigenvalue weighted by Gasteiger charge is -2.35. The minimum Gasteiger partial charge on any atom is -0.496 e. The Morgan fingerprint density at radius 1 is 1.16 bits per heavy atom. The number of halogens is 1. The van der Waals surface area contributed by atoms with Gasteiger partial charge in [-0.1, -0.05) is 6.07 Å². The van der Waals surface area contributed by atoms with E-state index in [-0.39, 0.29) is 17.4 Å².